The minimum atomic E-state index is -1.13. The highest BCUT2D eigenvalue weighted by molar-refractivity contribution is 5.99. The lowest BCUT2D eigenvalue weighted by molar-refractivity contribution is -0.128. The molecule has 1 spiro atoms. The standard InChI is InChI=1S/C26H29F2N3O6/c1-35-14-11-29-23(32)22-16-37-26(31(22)24(33)17-3-6-19(36-2)7-4-17)9-12-30(13-10-26)25(34)20-8-5-18(27)15-21(20)28/h3-8,15,22H,9-14,16H2,1-2H3,(H,29,32). The van der Waals surface area contributed by atoms with Gasteiger partial charge in [0, 0.05) is 51.2 Å². The number of hydrogen-bond donors (Lipinski definition) is 1. The topological polar surface area (TPSA) is 97.4 Å². The maximum Gasteiger partial charge on any atom is 0.256 e. The quantitative estimate of drug-likeness (QED) is 0.566. The van der Waals surface area contributed by atoms with Crippen molar-refractivity contribution in [2.45, 2.75) is 24.6 Å². The lowest BCUT2D eigenvalue weighted by Crippen LogP contribution is -2.60. The molecule has 1 unspecified atom stereocenters. The zero-order valence-corrected chi connectivity index (χ0v) is 20.7. The summed E-state index contributed by atoms with van der Waals surface area (Å²) in [5.74, 6) is -2.47. The van der Waals surface area contributed by atoms with Crippen molar-refractivity contribution < 1.29 is 37.4 Å². The monoisotopic (exact) mass is 517 g/mol. The highest BCUT2D eigenvalue weighted by atomic mass is 19.1. The molecule has 2 saturated heterocycles. The van der Waals surface area contributed by atoms with Crippen LogP contribution in [-0.2, 0) is 14.3 Å². The number of hydrogen-bond acceptors (Lipinski definition) is 6. The van der Waals surface area contributed by atoms with Gasteiger partial charge in [-0.25, -0.2) is 8.78 Å². The summed E-state index contributed by atoms with van der Waals surface area (Å²) in [6, 6.07) is 8.47. The van der Waals surface area contributed by atoms with Crippen LogP contribution in [0.5, 0.6) is 5.75 Å². The van der Waals surface area contributed by atoms with Crippen LogP contribution in [0.4, 0.5) is 8.78 Å². The van der Waals surface area contributed by atoms with Gasteiger partial charge in [0.25, 0.3) is 11.8 Å². The van der Waals surface area contributed by atoms with Crippen molar-refractivity contribution in [3.05, 3.63) is 65.2 Å². The summed E-state index contributed by atoms with van der Waals surface area (Å²) in [6.07, 6.45) is 0.427. The van der Waals surface area contributed by atoms with Gasteiger partial charge in [-0.15, -0.1) is 0 Å². The minimum absolute atomic E-state index is 0.0127. The molecule has 0 radical (unpaired) electrons. The number of benzene rings is 2. The highest BCUT2D eigenvalue weighted by Gasteiger charge is 2.54. The fraction of sp³-hybridized carbons (Fsp3) is 0.423. The molecule has 4 rings (SSSR count). The third-order valence-corrected chi connectivity index (χ3v) is 6.72. The van der Waals surface area contributed by atoms with E-state index >= 15 is 0 Å². The van der Waals surface area contributed by atoms with Crippen molar-refractivity contribution in [1.29, 1.82) is 0 Å². The molecule has 3 amide bonds. The number of rotatable bonds is 7. The summed E-state index contributed by atoms with van der Waals surface area (Å²) in [6.45, 7) is 0.879. The van der Waals surface area contributed by atoms with Crippen LogP contribution in [0.3, 0.4) is 0 Å². The summed E-state index contributed by atoms with van der Waals surface area (Å²) in [7, 11) is 3.04. The van der Waals surface area contributed by atoms with Gasteiger partial charge in [0.15, 0.2) is 0 Å². The van der Waals surface area contributed by atoms with Crippen molar-refractivity contribution in [1.82, 2.24) is 15.1 Å². The van der Waals surface area contributed by atoms with E-state index < -0.39 is 35.2 Å². The van der Waals surface area contributed by atoms with E-state index in [4.69, 9.17) is 14.2 Å². The molecule has 0 aromatic heterocycles. The van der Waals surface area contributed by atoms with Crippen molar-refractivity contribution >= 4 is 17.7 Å². The second-order valence-corrected chi connectivity index (χ2v) is 8.88. The summed E-state index contributed by atoms with van der Waals surface area (Å²) >= 11 is 0. The maximum atomic E-state index is 14.2. The van der Waals surface area contributed by atoms with Crippen molar-refractivity contribution in [2.24, 2.45) is 0 Å². The van der Waals surface area contributed by atoms with Crippen LogP contribution in [0.25, 0.3) is 0 Å². The van der Waals surface area contributed by atoms with E-state index in [2.05, 4.69) is 5.32 Å². The van der Waals surface area contributed by atoms with Gasteiger partial charge in [0.2, 0.25) is 5.91 Å². The first kappa shape index (κ1) is 26.5. The molecule has 1 atom stereocenters. The fourth-order valence-electron chi connectivity index (χ4n) is 4.73. The lowest BCUT2D eigenvalue weighted by Gasteiger charge is -2.44. The Morgan fingerprint density at radius 1 is 1.05 bits per heavy atom. The van der Waals surface area contributed by atoms with Gasteiger partial charge in [-0.05, 0) is 36.4 Å². The van der Waals surface area contributed by atoms with Gasteiger partial charge in [0.05, 0.1) is 25.9 Å². The Bertz CT molecular complexity index is 1150. The second-order valence-electron chi connectivity index (χ2n) is 8.88. The van der Waals surface area contributed by atoms with Gasteiger partial charge in [-0.3, -0.25) is 19.3 Å². The molecule has 0 aliphatic carbocycles. The van der Waals surface area contributed by atoms with E-state index in [1.807, 2.05) is 0 Å². The summed E-state index contributed by atoms with van der Waals surface area (Å²) in [4.78, 5) is 42.5. The average molecular weight is 518 g/mol. The number of halogens is 2. The van der Waals surface area contributed by atoms with Crippen LogP contribution >= 0.6 is 0 Å². The molecule has 11 heteroatoms. The number of likely N-dealkylation sites (tertiary alicyclic amines) is 1. The van der Waals surface area contributed by atoms with Crippen molar-refractivity contribution in [2.75, 3.05) is 47.1 Å². The van der Waals surface area contributed by atoms with Gasteiger partial charge in [-0.2, -0.15) is 0 Å². The molecule has 0 bridgehead atoms. The third-order valence-electron chi connectivity index (χ3n) is 6.72. The Hall–Kier alpha value is -3.57. The molecule has 2 heterocycles. The predicted molar refractivity (Wildman–Crippen MR) is 128 cm³/mol. The number of carbonyl (C=O) groups is 3. The number of amides is 3. The van der Waals surface area contributed by atoms with Crippen LogP contribution in [-0.4, -0.2) is 86.4 Å². The van der Waals surface area contributed by atoms with E-state index in [0.29, 0.717) is 24.0 Å². The van der Waals surface area contributed by atoms with Crippen LogP contribution in [0, 0.1) is 11.6 Å². The summed E-state index contributed by atoms with van der Waals surface area (Å²) in [5.41, 5.74) is -1.00. The molecular weight excluding hydrogens is 488 g/mol. The number of ether oxygens (including phenoxy) is 3. The lowest BCUT2D eigenvalue weighted by atomic mass is 9.96. The maximum absolute atomic E-state index is 14.2. The van der Waals surface area contributed by atoms with Crippen LogP contribution in [0.1, 0.15) is 33.6 Å². The molecule has 37 heavy (non-hydrogen) atoms. The van der Waals surface area contributed by atoms with Crippen LogP contribution in [0.2, 0.25) is 0 Å². The molecule has 0 saturated carbocycles. The number of nitrogens with one attached hydrogen (secondary N) is 1. The van der Waals surface area contributed by atoms with Gasteiger partial charge >= 0.3 is 0 Å². The molecule has 2 aromatic carbocycles. The minimum Gasteiger partial charge on any atom is -0.497 e. The highest BCUT2D eigenvalue weighted by Crippen LogP contribution is 2.39. The molecule has 198 valence electrons. The number of piperidine rings is 1. The first-order valence-corrected chi connectivity index (χ1v) is 11.9. The number of carbonyl (C=O) groups excluding carboxylic acids is 3. The van der Waals surface area contributed by atoms with Gasteiger partial charge < -0.3 is 24.4 Å². The smallest absolute Gasteiger partial charge is 0.256 e. The Morgan fingerprint density at radius 2 is 1.76 bits per heavy atom. The van der Waals surface area contributed by atoms with Crippen molar-refractivity contribution in [3.8, 4) is 5.75 Å². The van der Waals surface area contributed by atoms with Gasteiger partial charge in [-0.1, -0.05) is 0 Å². The Kier molecular flexibility index (Phi) is 8.03. The summed E-state index contributed by atoms with van der Waals surface area (Å²) in [5, 5.41) is 2.77. The number of methoxy groups -OCH3 is 2. The molecule has 2 aliphatic rings. The molecule has 2 aliphatic heterocycles. The van der Waals surface area contributed by atoms with Crippen molar-refractivity contribution in [3.63, 3.8) is 0 Å². The Balaban J connectivity index is 1.56. The SMILES string of the molecule is COCCNC(=O)C1COC2(CCN(C(=O)c3ccc(F)cc3F)CC2)N1C(=O)c1ccc(OC)cc1. The molecule has 9 nitrogen and oxygen atoms in total. The van der Waals surface area contributed by atoms with Gasteiger partial charge in [0.1, 0.15) is 29.2 Å². The van der Waals surface area contributed by atoms with E-state index in [-0.39, 0.29) is 50.6 Å². The largest absolute Gasteiger partial charge is 0.497 e. The predicted octanol–water partition coefficient (Wildman–Crippen LogP) is 2.21. The first-order valence-electron chi connectivity index (χ1n) is 11.9. The normalized spacial score (nSPS) is 18.6. The van der Waals surface area contributed by atoms with E-state index in [9.17, 15) is 23.2 Å². The third kappa shape index (κ3) is 5.42. The first-order chi connectivity index (χ1) is 17.8. The van der Waals surface area contributed by atoms with Crippen LogP contribution < -0.4 is 10.1 Å². The van der Waals surface area contributed by atoms with E-state index in [1.54, 1.807) is 24.3 Å². The molecule has 2 fully saturated rings. The molecule has 2 aromatic rings. The van der Waals surface area contributed by atoms with E-state index in [0.717, 1.165) is 12.1 Å². The molecule has 1 N–H and O–H groups in total. The Labute approximate surface area is 213 Å². The number of nitrogens with zero attached hydrogens (tertiary/aromatic N) is 2. The average Bonchev–Trinajstić information content (AvgIpc) is 3.27. The zero-order chi connectivity index (χ0) is 26.6. The molecular formula is C26H29F2N3O6. The zero-order valence-electron chi connectivity index (χ0n) is 20.7. The fourth-order valence-corrected chi connectivity index (χ4v) is 4.73. The second kappa shape index (κ2) is 11.2. The van der Waals surface area contributed by atoms with E-state index in [1.165, 1.54) is 24.0 Å². The summed E-state index contributed by atoms with van der Waals surface area (Å²) < 4.78 is 43.8. The Morgan fingerprint density at radius 3 is 2.38 bits per heavy atom. The van der Waals surface area contributed by atoms with Crippen LogP contribution in [0.15, 0.2) is 42.5 Å².